The second-order valence-electron chi connectivity index (χ2n) is 7.08. The summed E-state index contributed by atoms with van der Waals surface area (Å²) < 4.78 is 0. The van der Waals surface area contributed by atoms with Gasteiger partial charge in [-0.1, -0.05) is 31.2 Å². The Bertz CT molecular complexity index is 955. The Balaban J connectivity index is 1.53. The third-order valence-electron chi connectivity index (χ3n) is 5.42. The van der Waals surface area contributed by atoms with Crippen LogP contribution in [0.5, 0.6) is 0 Å². The number of rotatable bonds is 5. The van der Waals surface area contributed by atoms with Crippen molar-refractivity contribution in [2.75, 3.05) is 13.2 Å². The number of imide groups is 1. The fraction of sp³-hybridized carbons (Fsp3) is 0.400. The van der Waals surface area contributed by atoms with E-state index in [2.05, 4.69) is 9.97 Å². The zero-order chi connectivity index (χ0) is 19.0. The van der Waals surface area contributed by atoms with Crippen LogP contribution in [0.2, 0.25) is 0 Å². The number of aromatic amines is 1. The molecule has 1 aromatic heterocycles. The maximum absolute atomic E-state index is 12.7. The highest BCUT2D eigenvalue weighted by Crippen LogP contribution is 2.35. The first-order chi connectivity index (χ1) is 13.1. The summed E-state index contributed by atoms with van der Waals surface area (Å²) in [5.41, 5.74) is 0.454. The highest BCUT2D eigenvalue weighted by atomic mass is 16.2. The van der Waals surface area contributed by atoms with Crippen LogP contribution in [-0.2, 0) is 16.1 Å². The number of carbonyl (C=O) groups is 2. The maximum atomic E-state index is 12.7. The number of hydrogen-bond acceptors (Lipinski definition) is 5. The third-order valence-corrected chi connectivity index (χ3v) is 5.42. The average molecular weight is 366 g/mol. The van der Waals surface area contributed by atoms with Crippen molar-refractivity contribution in [2.45, 2.75) is 26.3 Å². The molecule has 0 saturated carbocycles. The van der Waals surface area contributed by atoms with Crippen molar-refractivity contribution < 1.29 is 9.59 Å². The van der Waals surface area contributed by atoms with Crippen LogP contribution in [0, 0.1) is 11.8 Å². The summed E-state index contributed by atoms with van der Waals surface area (Å²) in [4.78, 5) is 48.2. The number of nitrogens with one attached hydrogen (secondary N) is 1. The number of H-pyrrole nitrogens is 1. The van der Waals surface area contributed by atoms with Crippen molar-refractivity contribution in [3.05, 3.63) is 52.6 Å². The van der Waals surface area contributed by atoms with Gasteiger partial charge in [0, 0.05) is 0 Å². The van der Waals surface area contributed by atoms with Gasteiger partial charge in [0.25, 0.3) is 5.56 Å². The Labute approximate surface area is 156 Å². The zero-order valence-corrected chi connectivity index (χ0v) is 15.2. The first-order valence-corrected chi connectivity index (χ1v) is 9.29. The Morgan fingerprint density at radius 2 is 1.78 bits per heavy atom. The SMILES string of the molecule is CCN(Cc1nc2ccccc2c(=O)[nH]1)CN1C(=O)[C@H]2CC=CC[C@@H]2C1=O. The van der Waals surface area contributed by atoms with Gasteiger partial charge in [-0.2, -0.15) is 0 Å². The van der Waals surface area contributed by atoms with Gasteiger partial charge in [-0.05, 0) is 31.5 Å². The molecule has 1 aliphatic heterocycles. The molecule has 2 amide bonds. The largest absolute Gasteiger partial charge is 0.309 e. The molecule has 7 nitrogen and oxygen atoms in total. The molecule has 4 rings (SSSR count). The number of aromatic nitrogens is 2. The number of carbonyl (C=O) groups excluding carboxylic acids is 2. The van der Waals surface area contributed by atoms with E-state index in [1.807, 2.05) is 30.0 Å². The van der Waals surface area contributed by atoms with E-state index in [0.29, 0.717) is 42.7 Å². The van der Waals surface area contributed by atoms with E-state index in [1.165, 1.54) is 4.90 Å². The molecule has 0 bridgehead atoms. The van der Waals surface area contributed by atoms with E-state index in [0.717, 1.165) is 0 Å². The van der Waals surface area contributed by atoms with E-state index in [9.17, 15) is 14.4 Å². The van der Waals surface area contributed by atoms with Crippen molar-refractivity contribution in [3.8, 4) is 0 Å². The molecule has 2 aromatic rings. The fourth-order valence-electron chi connectivity index (χ4n) is 3.89. The highest BCUT2D eigenvalue weighted by Gasteiger charge is 2.47. The lowest BCUT2D eigenvalue weighted by atomic mass is 9.85. The number of para-hydroxylation sites is 1. The summed E-state index contributed by atoms with van der Waals surface area (Å²) in [7, 11) is 0. The van der Waals surface area contributed by atoms with Crippen LogP contribution < -0.4 is 5.56 Å². The number of nitrogens with zero attached hydrogens (tertiary/aromatic N) is 3. The molecule has 1 aromatic carbocycles. The van der Waals surface area contributed by atoms with Gasteiger partial charge in [0.2, 0.25) is 11.8 Å². The summed E-state index contributed by atoms with van der Waals surface area (Å²) in [6.45, 7) is 3.17. The predicted octanol–water partition coefficient (Wildman–Crippen LogP) is 1.65. The molecule has 0 unspecified atom stereocenters. The van der Waals surface area contributed by atoms with Gasteiger partial charge < -0.3 is 4.98 Å². The summed E-state index contributed by atoms with van der Waals surface area (Å²) in [5, 5.41) is 0.547. The van der Waals surface area contributed by atoms with Crippen LogP contribution in [0.1, 0.15) is 25.6 Å². The van der Waals surface area contributed by atoms with Crippen LogP contribution in [0.15, 0.2) is 41.2 Å². The molecule has 1 fully saturated rings. The number of fused-ring (bicyclic) bond motifs is 2. The molecular formula is C20H22N4O3. The maximum Gasteiger partial charge on any atom is 0.258 e. The highest BCUT2D eigenvalue weighted by molar-refractivity contribution is 6.05. The number of amides is 2. The minimum absolute atomic E-state index is 0.0900. The molecule has 2 atom stereocenters. The molecule has 7 heteroatoms. The number of likely N-dealkylation sites (tertiary alicyclic amines) is 1. The Morgan fingerprint density at radius 3 is 2.44 bits per heavy atom. The lowest BCUT2D eigenvalue weighted by Crippen LogP contribution is -2.42. The van der Waals surface area contributed by atoms with Gasteiger partial charge in [-0.15, -0.1) is 0 Å². The van der Waals surface area contributed by atoms with Crippen molar-refractivity contribution in [2.24, 2.45) is 11.8 Å². The van der Waals surface area contributed by atoms with E-state index < -0.39 is 0 Å². The molecule has 0 spiro atoms. The van der Waals surface area contributed by atoms with Crippen molar-refractivity contribution in [1.82, 2.24) is 19.8 Å². The molecule has 0 radical (unpaired) electrons. The standard InChI is InChI=1S/C20H22N4O3/c1-2-23(11-17-21-16-10-6-5-9-15(16)18(25)22-17)12-24-19(26)13-7-3-4-8-14(13)20(24)27/h3-6,9-10,13-14H,2,7-8,11-12H2,1H3,(H,21,22,25)/t13-,14-/m0/s1. The minimum Gasteiger partial charge on any atom is -0.309 e. The molecule has 27 heavy (non-hydrogen) atoms. The molecule has 1 aliphatic carbocycles. The summed E-state index contributed by atoms with van der Waals surface area (Å²) in [6.07, 6.45) is 5.24. The van der Waals surface area contributed by atoms with Gasteiger partial charge in [0.1, 0.15) is 5.82 Å². The fourth-order valence-corrected chi connectivity index (χ4v) is 3.89. The second kappa shape index (κ2) is 7.08. The first kappa shape index (κ1) is 17.6. The van der Waals surface area contributed by atoms with Crippen LogP contribution in [0.25, 0.3) is 10.9 Å². The van der Waals surface area contributed by atoms with E-state index in [1.54, 1.807) is 18.2 Å². The summed E-state index contributed by atoms with van der Waals surface area (Å²) in [5.74, 6) is -0.0983. The molecule has 2 heterocycles. The zero-order valence-electron chi connectivity index (χ0n) is 15.2. The van der Waals surface area contributed by atoms with Gasteiger partial charge in [-0.25, -0.2) is 4.98 Å². The first-order valence-electron chi connectivity index (χ1n) is 9.29. The molecule has 1 N–H and O–H groups in total. The van der Waals surface area contributed by atoms with Crippen LogP contribution in [0.3, 0.4) is 0 Å². The molecule has 140 valence electrons. The van der Waals surface area contributed by atoms with E-state index in [-0.39, 0.29) is 35.9 Å². The van der Waals surface area contributed by atoms with Crippen LogP contribution >= 0.6 is 0 Å². The smallest absolute Gasteiger partial charge is 0.258 e. The van der Waals surface area contributed by atoms with Crippen LogP contribution in [-0.4, -0.2) is 44.8 Å². The number of allylic oxidation sites excluding steroid dienone is 2. The van der Waals surface area contributed by atoms with Gasteiger partial charge in [0.15, 0.2) is 0 Å². The second-order valence-corrected chi connectivity index (χ2v) is 7.08. The molecule has 1 saturated heterocycles. The van der Waals surface area contributed by atoms with E-state index >= 15 is 0 Å². The monoisotopic (exact) mass is 366 g/mol. The number of benzene rings is 1. The molecular weight excluding hydrogens is 344 g/mol. The van der Waals surface area contributed by atoms with Crippen LogP contribution in [0.4, 0.5) is 0 Å². The van der Waals surface area contributed by atoms with Crippen molar-refractivity contribution in [3.63, 3.8) is 0 Å². The Morgan fingerprint density at radius 1 is 1.11 bits per heavy atom. The Kier molecular flexibility index (Phi) is 4.61. The Hall–Kier alpha value is -2.80. The van der Waals surface area contributed by atoms with Crippen molar-refractivity contribution >= 4 is 22.7 Å². The van der Waals surface area contributed by atoms with Gasteiger partial charge in [-0.3, -0.25) is 24.2 Å². The van der Waals surface area contributed by atoms with Gasteiger partial charge >= 0.3 is 0 Å². The topological polar surface area (TPSA) is 86.4 Å². The van der Waals surface area contributed by atoms with Gasteiger partial charge in [0.05, 0.1) is 36.0 Å². The average Bonchev–Trinajstić information content (AvgIpc) is 2.92. The lowest BCUT2D eigenvalue weighted by molar-refractivity contribution is -0.142. The predicted molar refractivity (Wildman–Crippen MR) is 101 cm³/mol. The van der Waals surface area contributed by atoms with E-state index in [4.69, 9.17) is 0 Å². The lowest BCUT2D eigenvalue weighted by Gasteiger charge is -2.25. The quantitative estimate of drug-likeness (QED) is 0.642. The number of hydrogen-bond donors (Lipinski definition) is 1. The van der Waals surface area contributed by atoms with Crippen molar-refractivity contribution in [1.29, 1.82) is 0 Å². The third kappa shape index (κ3) is 3.19. The normalized spacial score (nSPS) is 22.1. The summed E-state index contributed by atoms with van der Waals surface area (Å²) >= 11 is 0. The summed E-state index contributed by atoms with van der Waals surface area (Å²) in [6, 6.07) is 7.18. The minimum atomic E-state index is -0.222. The molecule has 2 aliphatic rings.